The Morgan fingerprint density at radius 1 is 1.40 bits per heavy atom. The van der Waals surface area contributed by atoms with Crippen LogP contribution in [-0.4, -0.2) is 60.9 Å². The number of allylic oxidation sites excluding steroid dienone is 1. The number of halogens is 6. The number of nitrogens with zero attached hydrogens (tertiary/aromatic N) is 3. The molecule has 6 nitrogen and oxygen atoms in total. The fourth-order valence-electron chi connectivity index (χ4n) is 3.46. The molecule has 3 aliphatic heterocycles. The van der Waals surface area contributed by atoms with E-state index in [0.717, 1.165) is 15.9 Å². The SMILES string of the molecule is COC1OC1C(Cl)Cc1cc(N2C(=O)C=C(C(F)(F)F)N3CCN=C32)c(F)cc1Cl. The van der Waals surface area contributed by atoms with Gasteiger partial charge in [0.1, 0.15) is 17.6 Å². The molecule has 1 aromatic carbocycles. The Bertz CT molecular complexity index is 953. The van der Waals surface area contributed by atoms with Crippen molar-refractivity contribution in [3.63, 3.8) is 0 Å². The smallest absolute Gasteiger partial charge is 0.353 e. The van der Waals surface area contributed by atoms with E-state index in [9.17, 15) is 22.4 Å². The first-order valence-corrected chi connectivity index (χ1v) is 9.68. The summed E-state index contributed by atoms with van der Waals surface area (Å²) in [5.74, 6) is -2.22. The van der Waals surface area contributed by atoms with Gasteiger partial charge in [0.2, 0.25) is 5.96 Å². The summed E-state index contributed by atoms with van der Waals surface area (Å²) < 4.78 is 64.9. The van der Waals surface area contributed by atoms with Crippen molar-refractivity contribution in [1.29, 1.82) is 0 Å². The van der Waals surface area contributed by atoms with Gasteiger partial charge < -0.3 is 14.4 Å². The third kappa shape index (κ3) is 3.77. The molecule has 3 aliphatic rings. The van der Waals surface area contributed by atoms with Crippen LogP contribution in [0.1, 0.15) is 5.56 Å². The van der Waals surface area contributed by atoms with E-state index in [1.54, 1.807) is 0 Å². The quantitative estimate of drug-likeness (QED) is 0.378. The Hall–Kier alpha value is -1.88. The van der Waals surface area contributed by atoms with Gasteiger partial charge in [-0.2, -0.15) is 13.2 Å². The molecule has 12 heteroatoms. The maximum absolute atomic E-state index is 14.7. The van der Waals surface area contributed by atoms with Gasteiger partial charge in [-0.1, -0.05) is 11.6 Å². The van der Waals surface area contributed by atoms with E-state index >= 15 is 0 Å². The molecular formula is C18H15Cl2F4N3O3. The number of aliphatic imine (C=N–C) groups is 1. The summed E-state index contributed by atoms with van der Waals surface area (Å²) in [4.78, 5) is 18.2. The fourth-order valence-corrected chi connectivity index (χ4v) is 4.04. The average Bonchev–Trinajstić information content (AvgIpc) is 3.31. The fraction of sp³-hybridized carbons (Fsp3) is 0.444. The predicted molar refractivity (Wildman–Crippen MR) is 101 cm³/mol. The molecule has 1 aromatic rings. The van der Waals surface area contributed by atoms with Crippen LogP contribution in [0.4, 0.5) is 23.2 Å². The highest BCUT2D eigenvalue weighted by molar-refractivity contribution is 6.32. The lowest BCUT2D eigenvalue weighted by atomic mass is 10.1. The van der Waals surface area contributed by atoms with Crippen molar-refractivity contribution in [3.05, 3.63) is 40.3 Å². The maximum Gasteiger partial charge on any atom is 0.431 e. The van der Waals surface area contributed by atoms with Gasteiger partial charge in [-0.15, -0.1) is 11.6 Å². The van der Waals surface area contributed by atoms with Gasteiger partial charge >= 0.3 is 6.18 Å². The Morgan fingerprint density at radius 2 is 2.13 bits per heavy atom. The Morgan fingerprint density at radius 3 is 2.77 bits per heavy atom. The first-order chi connectivity index (χ1) is 14.1. The molecule has 4 rings (SSSR count). The molecule has 0 spiro atoms. The van der Waals surface area contributed by atoms with Gasteiger partial charge in [-0.05, 0) is 24.1 Å². The van der Waals surface area contributed by atoms with E-state index in [1.807, 2.05) is 0 Å². The molecule has 3 atom stereocenters. The molecule has 0 saturated carbocycles. The second-order valence-electron chi connectivity index (χ2n) is 6.85. The standard InChI is InChI=1S/C18H15Cl2F4N3O3/c1-29-16-15(30-16)10(20)4-8-5-12(11(21)6-9(8)19)27-14(28)7-13(18(22,23)24)26-3-2-25-17(26)27/h5-7,10,15-16H,2-4H2,1H3. The van der Waals surface area contributed by atoms with Gasteiger partial charge in [0.15, 0.2) is 6.29 Å². The summed E-state index contributed by atoms with van der Waals surface area (Å²) in [7, 11) is 1.47. The number of epoxide rings is 1. The lowest BCUT2D eigenvalue weighted by molar-refractivity contribution is -0.119. The van der Waals surface area contributed by atoms with Crippen molar-refractivity contribution >= 4 is 40.8 Å². The van der Waals surface area contributed by atoms with E-state index in [4.69, 9.17) is 32.7 Å². The van der Waals surface area contributed by atoms with Crippen LogP contribution >= 0.6 is 23.2 Å². The van der Waals surface area contributed by atoms with Crippen LogP contribution in [0, 0.1) is 5.82 Å². The zero-order chi connectivity index (χ0) is 21.8. The van der Waals surface area contributed by atoms with E-state index in [0.29, 0.717) is 11.6 Å². The van der Waals surface area contributed by atoms with E-state index < -0.39 is 35.3 Å². The zero-order valence-electron chi connectivity index (χ0n) is 15.4. The molecule has 3 unspecified atom stereocenters. The Kier molecular flexibility index (Phi) is 5.46. The molecule has 162 valence electrons. The van der Waals surface area contributed by atoms with Crippen LogP contribution < -0.4 is 4.90 Å². The molecule has 1 amide bonds. The van der Waals surface area contributed by atoms with Gasteiger partial charge in [0.05, 0.1) is 17.6 Å². The number of anilines is 1. The van der Waals surface area contributed by atoms with Crippen molar-refractivity contribution in [2.24, 2.45) is 4.99 Å². The number of hydrogen-bond acceptors (Lipinski definition) is 5. The highest BCUT2D eigenvalue weighted by Gasteiger charge is 2.47. The second-order valence-corrected chi connectivity index (χ2v) is 7.82. The zero-order valence-corrected chi connectivity index (χ0v) is 16.9. The molecular weight excluding hydrogens is 453 g/mol. The molecule has 30 heavy (non-hydrogen) atoms. The minimum absolute atomic E-state index is 0.0375. The summed E-state index contributed by atoms with van der Waals surface area (Å²) in [6, 6.07) is 2.29. The lowest BCUT2D eigenvalue weighted by Gasteiger charge is -2.35. The number of methoxy groups -OCH3 is 1. The van der Waals surface area contributed by atoms with Gasteiger partial charge in [0, 0.05) is 24.8 Å². The predicted octanol–water partition coefficient (Wildman–Crippen LogP) is 3.46. The van der Waals surface area contributed by atoms with Crippen LogP contribution in [0.15, 0.2) is 28.9 Å². The van der Waals surface area contributed by atoms with Crippen LogP contribution in [0.3, 0.4) is 0 Å². The van der Waals surface area contributed by atoms with Gasteiger partial charge in [0.25, 0.3) is 5.91 Å². The largest absolute Gasteiger partial charge is 0.431 e. The van der Waals surface area contributed by atoms with Crippen LogP contribution in [0.25, 0.3) is 0 Å². The molecule has 0 bridgehead atoms. The van der Waals surface area contributed by atoms with Crippen molar-refractivity contribution < 1.29 is 31.8 Å². The number of rotatable bonds is 5. The topological polar surface area (TPSA) is 57.7 Å². The summed E-state index contributed by atoms with van der Waals surface area (Å²) in [6.45, 7) is -0.0382. The number of alkyl halides is 4. The van der Waals surface area contributed by atoms with Crippen LogP contribution in [0.5, 0.6) is 0 Å². The highest BCUT2D eigenvalue weighted by atomic mass is 35.5. The third-order valence-corrected chi connectivity index (χ3v) is 5.68. The monoisotopic (exact) mass is 467 g/mol. The molecule has 0 aromatic heterocycles. The maximum atomic E-state index is 14.7. The van der Waals surface area contributed by atoms with Crippen LogP contribution in [0.2, 0.25) is 5.02 Å². The molecule has 0 radical (unpaired) electrons. The normalized spacial score (nSPS) is 24.6. The number of guanidine groups is 1. The number of ether oxygens (including phenoxy) is 2. The third-order valence-electron chi connectivity index (χ3n) is 4.92. The van der Waals surface area contributed by atoms with Crippen molar-refractivity contribution in [2.45, 2.75) is 30.4 Å². The molecule has 1 fully saturated rings. The number of amides is 1. The molecule has 3 heterocycles. The van der Waals surface area contributed by atoms with E-state index in [2.05, 4.69) is 4.99 Å². The highest BCUT2D eigenvalue weighted by Crippen LogP contribution is 2.38. The van der Waals surface area contributed by atoms with Gasteiger partial charge in [-0.3, -0.25) is 9.79 Å². The van der Waals surface area contributed by atoms with E-state index in [1.165, 1.54) is 13.2 Å². The number of benzene rings is 1. The first-order valence-electron chi connectivity index (χ1n) is 8.87. The Labute approximate surface area is 178 Å². The lowest BCUT2D eigenvalue weighted by Crippen LogP contribution is -2.51. The minimum Gasteiger partial charge on any atom is -0.353 e. The molecule has 0 N–H and O–H groups in total. The first kappa shape index (κ1) is 21.4. The summed E-state index contributed by atoms with van der Waals surface area (Å²) >= 11 is 12.5. The number of carbonyl (C=O) groups is 1. The number of hydrogen-bond donors (Lipinski definition) is 0. The van der Waals surface area contributed by atoms with Crippen molar-refractivity contribution in [2.75, 3.05) is 25.1 Å². The Balaban J connectivity index is 1.68. The number of carbonyl (C=O) groups excluding carboxylic acids is 1. The van der Waals surface area contributed by atoms with Gasteiger partial charge in [-0.25, -0.2) is 9.29 Å². The van der Waals surface area contributed by atoms with Crippen molar-refractivity contribution in [3.8, 4) is 0 Å². The second kappa shape index (κ2) is 7.67. The minimum atomic E-state index is -4.75. The van der Waals surface area contributed by atoms with E-state index in [-0.39, 0.29) is 42.3 Å². The number of fused-ring (bicyclic) bond motifs is 1. The summed E-state index contributed by atoms with van der Waals surface area (Å²) in [5, 5.41) is -0.474. The summed E-state index contributed by atoms with van der Waals surface area (Å²) in [6.07, 6.45) is -4.96. The van der Waals surface area contributed by atoms with Crippen LogP contribution in [-0.2, 0) is 20.7 Å². The summed E-state index contributed by atoms with van der Waals surface area (Å²) in [5.41, 5.74) is -0.986. The average molecular weight is 468 g/mol. The molecule has 1 saturated heterocycles. The van der Waals surface area contributed by atoms with Crippen molar-refractivity contribution in [1.82, 2.24) is 4.90 Å². The molecule has 0 aliphatic carbocycles.